The summed E-state index contributed by atoms with van der Waals surface area (Å²) < 4.78 is 5.14. The molecule has 0 radical (unpaired) electrons. The number of ether oxygens (including phenoxy) is 1. The van der Waals surface area contributed by atoms with E-state index in [9.17, 15) is 0 Å². The topological polar surface area (TPSA) is 36.5 Å². The average molecular weight is 356 g/mol. The number of likely N-dealkylation sites (tertiary alicyclic amines) is 1. The number of thiocarbonyl (C=S) groups is 1. The smallest absolute Gasteiger partial charge is 0.170 e. The van der Waals surface area contributed by atoms with E-state index >= 15 is 0 Å². The van der Waals surface area contributed by atoms with E-state index in [1.54, 1.807) is 7.11 Å². The third-order valence-corrected chi connectivity index (χ3v) is 4.63. The number of rotatable bonds is 6. The first kappa shape index (κ1) is 18.3. The molecule has 0 bridgehead atoms. The highest BCUT2D eigenvalue weighted by molar-refractivity contribution is 7.80. The SMILES string of the molecule is COc1ccc(NC(=S)NCCCN2CCC[C@@H](C)C2)cc1Cl. The lowest BCUT2D eigenvalue weighted by Crippen LogP contribution is -2.37. The Hall–Kier alpha value is -1.04. The first-order valence-corrected chi connectivity index (χ1v) is 8.98. The van der Waals surface area contributed by atoms with E-state index in [0.29, 0.717) is 15.9 Å². The Bertz CT molecular complexity index is 527. The lowest BCUT2D eigenvalue weighted by molar-refractivity contribution is 0.182. The molecular weight excluding hydrogens is 330 g/mol. The van der Waals surface area contributed by atoms with Gasteiger partial charge in [-0.2, -0.15) is 0 Å². The van der Waals surface area contributed by atoms with E-state index in [2.05, 4.69) is 22.5 Å². The van der Waals surface area contributed by atoms with E-state index < -0.39 is 0 Å². The number of anilines is 1. The zero-order valence-electron chi connectivity index (χ0n) is 13.9. The number of hydrogen-bond donors (Lipinski definition) is 2. The molecule has 1 saturated heterocycles. The molecule has 1 aliphatic heterocycles. The predicted octanol–water partition coefficient (Wildman–Crippen LogP) is 3.76. The largest absolute Gasteiger partial charge is 0.495 e. The van der Waals surface area contributed by atoms with Crippen molar-refractivity contribution in [1.82, 2.24) is 10.2 Å². The van der Waals surface area contributed by atoms with Gasteiger partial charge in [0.1, 0.15) is 5.75 Å². The van der Waals surface area contributed by atoms with E-state index in [1.807, 2.05) is 18.2 Å². The van der Waals surface area contributed by atoms with Crippen molar-refractivity contribution < 1.29 is 4.74 Å². The lowest BCUT2D eigenvalue weighted by Gasteiger charge is -2.30. The van der Waals surface area contributed by atoms with Gasteiger partial charge < -0.3 is 20.3 Å². The minimum Gasteiger partial charge on any atom is -0.495 e. The molecular formula is C17H26ClN3OS. The molecule has 0 amide bonds. The van der Waals surface area contributed by atoms with Gasteiger partial charge in [0, 0.05) is 18.8 Å². The third-order valence-electron chi connectivity index (χ3n) is 4.09. The van der Waals surface area contributed by atoms with Gasteiger partial charge in [-0.25, -0.2) is 0 Å². The minimum atomic E-state index is 0.569. The van der Waals surface area contributed by atoms with Crippen molar-refractivity contribution in [3.8, 4) is 5.75 Å². The maximum absolute atomic E-state index is 6.10. The second kappa shape index (κ2) is 9.30. The Morgan fingerprint density at radius 3 is 3.00 bits per heavy atom. The van der Waals surface area contributed by atoms with E-state index in [-0.39, 0.29) is 0 Å². The summed E-state index contributed by atoms with van der Waals surface area (Å²) in [5.74, 6) is 1.49. The van der Waals surface area contributed by atoms with Gasteiger partial charge in [0.2, 0.25) is 0 Å². The number of halogens is 1. The number of methoxy groups -OCH3 is 1. The monoisotopic (exact) mass is 355 g/mol. The Balaban J connectivity index is 1.66. The zero-order valence-corrected chi connectivity index (χ0v) is 15.5. The van der Waals surface area contributed by atoms with Crippen LogP contribution in [0.5, 0.6) is 5.75 Å². The Kier molecular flexibility index (Phi) is 7.40. The molecule has 1 aromatic rings. The fraction of sp³-hybridized carbons (Fsp3) is 0.588. The highest BCUT2D eigenvalue weighted by Crippen LogP contribution is 2.27. The van der Waals surface area contributed by atoms with Gasteiger partial charge in [-0.1, -0.05) is 18.5 Å². The molecule has 2 N–H and O–H groups in total. The maximum atomic E-state index is 6.10. The molecule has 1 fully saturated rings. The quantitative estimate of drug-likeness (QED) is 0.600. The van der Waals surface area contributed by atoms with Crippen LogP contribution in [0.1, 0.15) is 26.2 Å². The summed E-state index contributed by atoms with van der Waals surface area (Å²) in [6.07, 6.45) is 3.79. The van der Waals surface area contributed by atoms with Crippen LogP contribution >= 0.6 is 23.8 Å². The normalized spacial score (nSPS) is 18.5. The summed E-state index contributed by atoms with van der Waals surface area (Å²) in [6.45, 7) is 6.81. The first-order valence-electron chi connectivity index (χ1n) is 8.19. The molecule has 1 aromatic carbocycles. The molecule has 0 aromatic heterocycles. The molecule has 1 aliphatic rings. The van der Waals surface area contributed by atoms with E-state index in [1.165, 1.54) is 25.9 Å². The van der Waals surface area contributed by atoms with Gasteiger partial charge in [-0.05, 0) is 68.7 Å². The lowest BCUT2D eigenvalue weighted by atomic mass is 10.0. The number of hydrogen-bond acceptors (Lipinski definition) is 3. The molecule has 0 saturated carbocycles. The summed E-state index contributed by atoms with van der Waals surface area (Å²) in [4.78, 5) is 2.55. The molecule has 2 rings (SSSR count). The van der Waals surface area contributed by atoms with Gasteiger partial charge in [-0.15, -0.1) is 0 Å². The second-order valence-electron chi connectivity index (χ2n) is 6.13. The van der Waals surface area contributed by atoms with Gasteiger partial charge in [0.05, 0.1) is 12.1 Å². The van der Waals surface area contributed by atoms with Crippen molar-refractivity contribution in [2.45, 2.75) is 26.2 Å². The first-order chi connectivity index (χ1) is 11.1. The molecule has 6 heteroatoms. The molecule has 0 spiro atoms. The fourth-order valence-electron chi connectivity index (χ4n) is 2.91. The van der Waals surface area contributed by atoms with Crippen LogP contribution in [0, 0.1) is 5.92 Å². The van der Waals surface area contributed by atoms with Crippen molar-refractivity contribution in [3.05, 3.63) is 23.2 Å². The molecule has 1 atom stereocenters. The van der Waals surface area contributed by atoms with Crippen LogP contribution in [0.4, 0.5) is 5.69 Å². The summed E-state index contributed by atoms with van der Waals surface area (Å²) in [5.41, 5.74) is 0.859. The summed E-state index contributed by atoms with van der Waals surface area (Å²) in [5, 5.41) is 7.59. The summed E-state index contributed by atoms with van der Waals surface area (Å²) in [7, 11) is 1.60. The number of benzene rings is 1. The standard InChI is InChI=1S/C17H26ClN3OS/c1-13-5-3-9-21(12-13)10-4-8-19-17(23)20-14-6-7-16(22-2)15(18)11-14/h6-7,11,13H,3-5,8-10,12H2,1-2H3,(H2,19,20,23)/t13-/m1/s1. The molecule has 1 heterocycles. The van der Waals surface area contributed by atoms with Crippen LogP contribution in [0.3, 0.4) is 0 Å². The van der Waals surface area contributed by atoms with Crippen LogP contribution in [0.2, 0.25) is 5.02 Å². The van der Waals surface area contributed by atoms with Crippen LogP contribution in [0.25, 0.3) is 0 Å². The summed E-state index contributed by atoms with van der Waals surface area (Å²) in [6, 6.07) is 5.53. The highest BCUT2D eigenvalue weighted by Gasteiger charge is 2.15. The van der Waals surface area contributed by atoms with Crippen molar-refractivity contribution in [3.63, 3.8) is 0 Å². The molecule has 23 heavy (non-hydrogen) atoms. The van der Waals surface area contributed by atoms with Gasteiger partial charge in [0.15, 0.2) is 5.11 Å². The van der Waals surface area contributed by atoms with E-state index in [4.69, 9.17) is 28.6 Å². The molecule has 0 unspecified atom stereocenters. The average Bonchev–Trinajstić information content (AvgIpc) is 2.52. The van der Waals surface area contributed by atoms with Crippen molar-refractivity contribution in [2.75, 3.05) is 38.6 Å². The zero-order chi connectivity index (χ0) is 16.7. The minimum absolute atomic E-state index is 0.569. The van der Waals surface area contributed by atoms with Crippen molar-refractivity contribution in [2.24, 2.45) is 5.92 Å². The van der Waals surface area contributed by atoms with Gasteiger partial charge in [-0.3, -0.25) is 0 Å². The second-order valence-corrected chi connectivity index (χ2v) is 6.95. The van der Waals surface area contributed by atoms with Gasteiger partial charge >= 0.3 is 0 Å². The Morgan fingerprint density at radius 2 is 2.30 bits per heavy atom. The van der Waals surface area contributed by atoms with E-state index in [0.717, 1.165) is 31.1 Å². The van der Waals surface area contributed by atoms with Crippen molar-refractivity contribution in [1.29, 1.82) is 0 Å². The predicted molar refractivity (Wildman–Crippen MR) is 102 cm³/mol. The number of nitrogens with one attached hydrogen (secondary N) is 2. The summed E-state index contributed by atoms with van der Waals surface area (Å²) >= 11 is 11.4. The number of piperidine rings is 1. The van der Waals surface area contributed by atoms with Gasteiger partial charge in [0.25, 0.3) is 0 Å². The third kappa shape index (κ3) is 6.16. The molecule has 128 valence electrons. The number of nitrogens with zero attached hydrogens (tertiary/aromatic N) is 1. The highest BCUT2D eigenvalue weighted by atomic mass is 35.5. The van der Waals surface area contributed by atoms with Crippen molar-refractivity contribution >= 4 is 34.6 Å². The van der Waals surface area contributed by atoms with Crippen LogP contribution in [0.15, 0.2) is 18.2 Å². The maximum Gasteiger partial charge on any atom is 0.170 e. The molecule has 4 nitrogen and oxygen atoms in total. The van der Waals surface area contributed by atoms with Crippen LogP contribution < -0.4 is 15.4 Å². The Labute approximate surface area is 149 Å². The fourth-order valence-corrected chi connectivity index (χ4v) is 3.39. The van der Waals surface area contributed by atoms with Crippen LogP contribution in [-0.2, 0) is 0 Å². The van der Waals surface area contributed by atoms with Crippen LogP contribution in [-0.4, -0.2) is 43.3 Å². The Morgan fingerprint density at radius 1 is 1.48 bits per heavy atom. The molecule has 0 aliphatic carbocycles.